The minimum Gasteiger partial charge on any atom is -0.469 e. The maximum absolute atomic E-state index is 5.89. The Morgan fingerprint density at radius 3 is 2.86 bits per heavy atom. The number of hydrogen-bond donors (Lipinski definition) is 2. The van der Waals surface area contributed by atoms with Crippen molar-refractivity contribution < 1.29 is 4.42 Å². The van der Waals surface area contributed by atoms with Gasteiger partial charge < -0.3 is 15.5 Å². The number of rotatable bonds is 6. The first-order chi connectivity index (χ1) is 6.70. The highest BCUT2D eigenvalue weighted by Gasteiger charge is 2.06. The van der Waals surface area contributed by atoms with Crippen LogP contribution >= 0.6 is 0 Å². The number of hydrogen-bond acceptors (Lipinski definition) is 3. The van der Waals surface area contributed by atoms with Crippen LogP contribution < -0.4 is 11.1 Å². The van der Waals surface area contributed by atoms with Gasteiger partial charge in [0.05, 0.1) is 6.26 Å². The molecule has 3 heteroatoms. The molecule has 0 saturated heterocycles. The van der Waals surface area contributed by atoms with E-state index in [1.54, 1.807) is 6.26 Å². The fourth-order valence-corrected chi connectivity index (χ4v) is 1.17. The second-order valence-electron chi connectivity index (χ2n) is 3.94. The lowest BCUT2D eigenvalue weighted by molar-refractivity contribution is 0.448. The van der Waals surface area contributed by atoms with Crippen molar-refractivity contribution in [3.8, 4) is 0 Å². The Kier molecular flexibility index (Phi) is 4.70. The van der Waals surface area contributed by atoms with Crippen LogP contribution in [0.1, 0.15) is 19.6 Å². The lowest BCUT2D eigenvalue weighted by atomic mass is 10.1. The van der Waals surface area contributed by atoms with Gasteiger partial charge in [-0.2, -0.15) is 0 Å². The Balaban J connectivity index is 2.05. The molecule has 0 radical (unpaired) electrons. The summed E-state index contributed by atoms with van der Waals surface area (Å²) in [5, 5.41) is 3.32. The molecule has 1 unspecified atom stereocenters. The number of nitrogens with one attached hydrogen (secondary N) is 1. The zero-order valence-electron chi connectivity index (χ0n) is 8.99. The van der Waals surface area contributed by atoms with E-state index in [2.05, 4.69) is 19.2 Å². The Hall–Kier alpha value is -0.800. The van der Waals surface area contributed by atoms with E-state index in [4.69, 9.17) is 10.2 Å². The summed E-state index contributed by atoms with van der Waals surface area (Å²) in [6, 6.07) is 4.14. The maximum atomic E-state index is 5.89. The second kappa shape index (κ2) is 5.83. The summed E-state index contributed by atoms with van der Waals surface area (Å²) in [4.78, 5) is 0. The van der Waals surface area contributed by atoms with Crippen LogP contribution in [-0.4, -0.2) is 19.1 Å². The van der Waals surface area contributed by atoms with Gasteiger partial charge in [0.25, 0.3) is 0 Å². The van der Waals surface area contributed by atoms with Crippen LogP contribution in [0.5, 0.6) is 0 Å². The van der Waals surface area contributed by atoms with Gasteiger partial charge in [-0.1, -0.05) is 13.8 Å². The number of furan rings is 1. The molecule has 1 atom stereocenters. The Morgan fingerprint density at radius 2 is 2.29 bits per heavy atom. The highest BCUT2D eigenvalue weighted by atomic mass is 16.3. The summed E-state index contributed by atoms with van der Waals surface area (Å²) in [6.45, 7) is 6.07. The van der Waals surface area contributed by atoms with Gasteiger partial charge in [0, 0.05) is 25.6 Å². The molecule has 0 aliphatic rings. The Labute approximate surface area is 85.7 Å². The first-order valence-corrected chi connectivity index (χ1v) is 5.19. The molecule has 1 aromatic rings. The normalized spacial score (nSPS) is 13.4. The van der Waals surface area contributed by atoms with Gasteiger partial charge in [-0.05, 0) is 18.1 Å². The molecule has 3 N–H and O–H groups in total. The molecule has 0 saturated carbocycles. The highest BCUT2D eigenvalue weighted by molar-refractivity contribution is 4.98. The van der Waals surface area contributed by atoms with Gasteiger partial charge in [0.1, 0.15) is 5.76 Å². The molecular formula is C11H20N2O. The first-order valence-electron chi connectivity index (χ1n) is 5.19. The highest BCUT2D eigenvalue weighted by Crippen LogP contribution is 2.00. The van der Waals surface area contributed by atoms with E-state index in [9.17, 15) is 0 Å². The summed E-state index contributed by atoms with van der Waals surface area (Å²) < 4.78 is 5.22. The van der Waals surface area contributed by atoms with Crippen molar-refractivity contribution in [3.63, 3.8) is 0 Å². The van der Waals surface area contributed by atoms with Crippen LogP contribution in [-0.2, 0) is 6.42 Å². The van der Waals surface area contributed by atoms with Gasteiger partial charge in [0.2, 0.25) is 0 Å². The molecule has 0 amide bonds. The van der Waals surface area contributed by atoms with E-state index < -0.39 is 0 Å². The fourth-order valence-electron chi connectivity index (χ4n) is 1.17. The lowest BCUT2D eigenvalue weighted by Gasteiger charge is -2.15. The Bertz CT molecular complexity index is 231. The molecular weight excluding hydrogens is 176 g/mol. The van der Waals surface area contributed by atoms with Gasteiger partial charge in [-0.3, -0.25) is 0 Å². The summed E-state index contributed by atoms with van der Waals surface area (Å²) in [5.41, 5.74) is 5.89. The van der Waals surface area contributed by atoms with E-state index in [1.807, 2.05) is 12.1 Å². The van der Waals surface area contributed by atoms with Crippen LogP contribution in [0.25, 0.3) is 0 Å². The van der Waals surface area contributed by atoms with Crippen molar-refractivity contribution in [1.29, 1.82) is 0 Å². The monoisotopic (exact) mass is 196 g/mol. The van der Waals surface area contributed by atoms with Gasteiger partial charge >= 0.3 is 0 Å². The third-order valence-electron chi connectivity index (χ3n) is 2.36. The van der Waals surface area contributed by atoms with Gasteiger partial charge in [0.15, 0.2) is 0 Å². The van der Waals surface area contributed by atoms with Crippen molar-refractivity contribution in [2.45, 2.75) is 26.3 Å². The van der Waals surface area contributed by atoms with Crippen LogP contribution in [0.3, 0.4) is 0 Å². The molecule has 14 heavy (non-hydrogen) atoms. The van der Waals surface area contributed by atoms with Crippen LogP contribution in [0.15, 0.2) is 22.8 Å². The average molecular weight is 196 g/mol. The zero-order valence-corrected chi connectivity index (χ0v) is 8.99. The van der Waals surface area contributed by atoms with E-state index in [0.29, 0.717) is 5.92 Å². The van der Waals surface area contributed by atoms with Crippen LogP contribution in [0, 0.1) is 5.92 Å². The SMILES string of the molecule is CC(C)C(N)CNCCc1ccco1. The Morgan fingerprint density at radius 1 is 1.50 bits per heavy atom. The molecule has 0 aliphatic carbocycles. The van der Waals surface area contributed by atoms with Crippen molar-refractivity contribution in [2.75, 3.05) is 13.1 Å². The molecule has 0 aromatic carbocycles. The van der Waals surface area contributed by atoms with E-state index in [0.717, 1.165) is 25.3 Å². The van der Waals surface area contributed by atoms with Crippen molar-refractivity contribution in [3.05, 3.63) is 24.2 Å². The van der Waals surface area contributed by atoms with E-state index in [1.165, 1.54) is 0 Å². The zero-order chi connectivity index (χ0) is 10.4. The molecule has 0 aliphatic heterocycles. The molecule has 0 bridgehead atoms. The third-order valence-corrected chi connectivity index (χ3v) is 2.36. The largest absolute Gasteiger partial charge is 0.469 e. The van der Waals surface area contributed by atoms with Gasteiger partial charge in [-0.15, -0.1) is 0 Å². The minimum absolute atomic E-state index is 0.242. The molecule has 80 valence electrons. The quantitative estimate of drug-likeness (QED) is 0.676. The molecule has 1 heterocycles. The molecule has 1 aromatic heterocycles. The van der Waals surface area contributed by atoms with E-state index >= 15 is 0 Å². The summed E-state index contributed by atoms with van der Waals surface area (Å²) in [5.74, 6) is 1.56. The molecule has 3 nitrogen and oxygen atoms in total. The predicted octanol–water partition coefficient (Wildman–Crippen LogP) is 1.40. The first kappa shape index (κ1) is 11.3. The fraction of sp³-hybridized carbons (Fsp3) is 0.636. The lowest BCUT2D eigenvalue weighted by Crippen LogP contribution is -2.38. The summed E-state index contributed by atoms with van der Waals surface area (Å²) in [7, 11) is 0. The minimum atomic E-state index is 0.242. The second-order valence-corrected chi connectivity index (χ2v) is 3.94. The molecule has 0 fully saturated rings. The standard InChI is InChI=1S/C11H20N2O/c1-9(2)11(12)8-13-6-5-10-4-3-7-14-10/h3-4,7,9,11,13H,5-6,8,12H2,1-2H3. The average Bonchev–Trinajstić information content (AvgIpc) is 2.64. The predicted molar refractivity (Wildman–Crippen MR) is 58.1 cm³/mol. The van der Waals surface area contributed by atoms with Crippen molar-refractivity contribution in [2.24, 2.45) is 11.7 Å². The van der Waals surface area contributed by atoms with Crippen LogP contribution in [0.2, 0.25) is 0 Å². The van der Waals surface area contributed by atoms with E-state index in [-0.39, 0.29) is 6.04 Å². The van der Waals surface area contributed by atoms with Crippen molar-refractivity contribution in [1.82, 2.24) is 5.32 Å². The number of nitrogens with two attached hydrogens (primary N) is 1. The van der Waals surface area contributed by atoms with Gasteiger partial charge in [-0.25, -0.2) is 0 Å². The maximum Gasteiger partial charge on any atom is 0.105 e. The van der Waals surface area contributed by atoms with Crippen LogP contribution in [0.4, 0.5) is 0 Å². The third kappa shape index (κ3) is 3.94. The smallest absolute Gasteiger partial charge is 0.105 e. The summed E-state index contributed by atoms with van der Waals surface area (Å²) >= 11 is 0. The topological polar surface area (TPSA) is 51.2 Å². The molecule has 1 rings (SSSR count). The van der Waals surface area contributed by atoms with Crippen molar-refractivity contribution >= 4 is 0 Å². The summed E-state index contributed by atoms with van der Waals surface area (Å²) in [6.07, 6.45) is 2.63. The molecule has 0 spiro atoms.